The molecule has 0 aliphatic heterocycles. The fourth-order valence-corrected chi connectivity index (χ4v) is 4.54. The molecule has 1 aromatic heterocycles. The number of rotatable bonds is 8. The van der Waals surface area contributed by atoms with Crippen molar-refractivity contribution in [2.45, 2.75) is 51.7 Å². The van der Waals surface area contributed by atoms with Gasteiger partial charge in [-0.2, -0.15) is 11.8 Å². The van der Waals surface area contributed by atoms with Crippen molar-refractivity contribution in [3.05, 3.63) is 21.9 Å². The van der Waals surface area contributed by atoms with Crippen LogP contribution in [0.2, 0.25) is 0 Å². The number of thiophene rings is 1. The summed E-state index contributed by atoms with van der Waals surface area (Å²) in [5, 5.41) is 2.18. The zero-order chi connectivity index (χ0) is 14.4. The van der Waals surface area contributed by atoms with E-state index < -0.39 is 0 Å². The molecule has 0 saturated carbocycles. The molecule has 0 amide bonds. The molecule has 110 valence electrons. The normalized spacial score (nSPS) is 16.6. The first-order valence-electron chi connectivity index (χ1n) is 7.07. The second-order valence-corrected chi connectivity index (χ2v) is 7.03. The molecular weight excluding hydrogens is 272 g/mol. The number of thioether (sulfide) groups is 1. The van der Waals surface area contributed by atoms with Crippen molar-refractivity contribution in [3.63, 3.8) is 0 Å². The van der Waals surface area contributed by atoms with E-state index in [9.17, 15) is 0 Å². The summed E-state index contributed by atoms with van der Waals surface area (Å²) >= 11 is 3.77. The fourth-order valence-electron chi connectivity index (χ4n) is 2.54. The SMILES string of the molecule is CCC(N)C(c1sccc1C)N(C)C(CC)CSC. The summed E-state index contributed by atoms with van der Waals surface area (Å²) in [5.41, 5.74) is 7.80. The largest absolute Gasteiger partial charge is 0.326 e. The lowest BCUT2D eigenvalue weighted by Gasteiger charge is -2.37. The maximum Gasteiger partial charge on any atom is 0.0596 e. The summed E-state index contributed by atoms with van der Waals surface area (Å²) < 4.78 is 0. The molecule has 19 heavy (non-hydrogen) atoms. The Bertz CT molecular complexity index is 365. The minimum absolute atomic E-state index is 0.207. The summed E-state index contributed by atoms with van der Waals surface area (Å²) in [7, 11) is 2.24. The average molecular weight is 301 g/mol. The second-order valence-electron chi connectivity index (χ2n) is 5.17. The third-order valence-corrected chi connectivity index (χ3v) is 5.70. The lowest BCUT2D eigenvalue weighted by molar-refractivity contribution is 0.160. The van der Waals surface area contributed by atoms with Gasteiger partial charge in [0, 0.05) is 22.7 Å². The molecule has 2 nitrogen and oxygen atoms in total. The Kier molecular flexibility index (Phi) is 7.44. The number of likely N-dealkylation sites (N-methyl/N-ethyl adjacent to an activating group) is 1. The van der Waals surface area contributed by atoms with E-state index in [0.29, 0.717) is 12.1 Å². The first kappa shape index (κ1) is 17.0. The molecule has 1 aromatic rings. The van der Waals surface area contributed by atoms with Gasteiger partial charge in [0.05, 0.1) is 6.04 Å². The van der Waals surface area contributed by atoms with Crippen LogP contribution < -0.4 is 5.73 Å². The van der Waals surface area contributed by atoms with Gasteiger partial charge in [-0.3, -0.25) is 4.90 Å². The smallest absolute Gasteiger partial charge is 0.0596 e. The molecule has 1 rings (SSSR count). The standard InChI is InChI=1S/C15H28N2S2/c1-6-12(10-18-5)17(4)14(13(16)7-2)15-11(3)8-9-19-15/h8-9,12-14H,6-7,10,16H2,1-5H3. The van der Waals surface area contributed by atoms with Crippen LogP contribution in [0, 0.1) is 6.92 Å². The maximum absolute atomic E-state index is 6.43. The van der Waals surface area contributed by atoms with Crippen molar-refractivity contribution in [3.8, 4) is 0 Å². The van der Waals surface area contributed by atoms with Crippen molar-refractivity contribution in [1.29, 1.82) is 0 Å². The van der Waals surface area contributed by atoms with Crippen LogP contribution >= 0.6 is 23.1 Å². The van der Waals surface area contributed by atoms with E-state index in [-0.39, 0.29) is 6.04 Å². The maximum atomic E-state index is 6.43. The molecule has 0 aliphatic carbocycles. The van der Waals surface area contributed by atoms with Crippen LogP contribution in [0.5, 0.6) is 0 Å². The molecule has 2 N–H and O–H groups in total. The van der Waals surface area contributed by atoms with Crippen molar-refractivity contribution < 1.29 is 0 Å². The lowest BCUT2D eigenvalue weighted by atomic mass is 9.99. The zero-order valence-electron chi connectivity index (χ0n) is 12.8. The minimum Gasteiger partial charge on any atom is -0.326 e. The van der Waals surface area contributed by atoms with Crippen LogP contribution in [-0.2, 0) is 0 Å². The van der Waals surface area contributed by atoms with Gasteiger partial charge in [0.1, 0.15) is 0 Å². The lowest BCUT2D eigenvalue weighted by Crippen LogP contribution is -2.44. The van der Waals surface area contributed by atoms with Gasteiger partial charge in [-0.25, -0.2) is 0 Å². The third kappa shape index (κ3) is 4.22. The summed E-state index contributed by atoms with van der Waals surface area (Å²) in [5.74, 6) is 1.17. The molecule has 3 unspecified atom stereocenters. The van der Waals surface area contributed by atoms with Crippen LogP contribution in [0.3, 0.4) is 0 Å². The summed E-state index contributed by atoms with van der Waals surface area (Å²) in [4.78, 5) is 3.94. The topological polar surface area (TPSA) is 29.3 Å². The van der Waals surface area contributed by atoms with E-state index in [2.05, 4.69) is 50.4 Å². The van der Waals surface area contributed by atoms with Crippen LogP contribution in [0.1, 0.15) is 43.2 Å². The van der Waals surface area contributed by atoms with E-state index >= 15 is 0 Å². The van der Waals surface area contributed by atoms with Crippen molar-refractivity contribution >= 4 is 23.1 Å². The average Bonchev–Trinajstić information content (AvgIpc) is 2.82. The summed E-state index contributed by atoms with van der Waals surface area (Å²) in [6.07, 6.45) is 4.37. The summed E-state index contributed by atoms with van der Waals surface area (Å²) in [6.45, 7) is 6.65. The Morgan fingerprint density at radius 1 is 1.37 bits per heavy atom. The Labute approximate surface area is 126 Å². The van der Waals surface area contributed by atoms with E-state index in [1.165, 1.54) is 22.6 Å². The zero-order valence-corrected chi connectivity index (χ0v) is 14.5. The Balaban J connectivity index is 3.00. The monoisotopic (exact) mass is 300 g/mol. The van der Waals surface area contributed by atoms with Crippen LogP contribution in [0.15, 0.2) is 11.4 Å². The molecule has 4 heteroatoms. The van der Waals surface area contributed by atoms with E-state index in [1.807, 2.05) is 23.1 Å². The van der Waals surface area contributed by atoms with Crippen molar-refractivity contribution in [1.82, 2.24) is 4.90 Å². The Morgan fingerprint density at radius 2 is 2.05 bits per heavy atom. The van der Waals surface area contributed by atoms with Gasteiger partial charge < -0.3 is 5.73 Å². The predicted octanol–water partition coefficient (Wildman–Crippen LogP) is 3.91. The number of nitrogens with two attached hydrogens (primary N) is 1. The van der Waals surface area contributed by atoms with E-state index in [4.69, 9.17) is 5.73 Å². The number of hydrogen-bond acceptors (Lipinski definition) is 4. The Morgan fingerprint density at radius 3 is 2.47 bits per heavy atom. The van der Waals surface area contributed by atoms with Crippen molar-refractivity contribution in [2.75, 3.05) is 19.1 Å². The molecule has 0 saturated heterocycles. The molecular formula is C15H28N2S2. The number of nitrogens with zero attached hydrogens (tertiary/aromatic N) is 1. The predicted molar refractivity (Wildman–Crippen MR) is 90.3 cm³/mol. The van der Waals surface area contributed by atoms with Gasteiger partial charge in [-0.1, -0.05) is 13.8 Å². The van der Waals surface area contributed by atoms with Gasteiger partial charge in [0.25, 0.3) is 0 Å². The highest BCUT2D eigenvalue weighted by Gasteiger charge is 2.29. The van der Waals surface area contributed by atoms with Gasteiger partial charge >= 0.3 is 0 Å². The Hall–Kier alpha value is -0.0300. The molecule has 0 spiro atoms. The highest BCUT2D eigenvalue weighted by molar-refractivity contribution is 7.98. The van der Waals surface area contributed by atoms with Crippen molar-refractivity contribution in [2.24, 2.45) is 5.73 Å². The number of hydrogen-bond donors (Lipinski definition) is 1. The third-order valence-electron chi connectivity index (χ3n) is 3.89. The highest BCUT2D eigenvalue weighted by Crippen LogP contribution is 2.33. The quantitative estimate of drug-likeness (QED) is 0.789. The van der Waals surface area contributed by atoms with Crippen LogP contribution in [0.4, 0.5) is 0 Å². The molecule has 1 heterocycles. The van der Waals surface area contributed by atoms with E-state index in [0.717, 1.165) is 6.42 Å². The molecule has 0 fully saturated rings. The fraction of sp³-hybridized carbons (Fsp3) is 0.733. The molecule has 0 aromatic carbocycles. The number of aryl methyl sites for hydroxylation is 1. The second kappa shape index (κ2) is 8.30. The molecule has 0 aliphatic rings. The molecule has 3 atom stereocenters. The van der Waals surface area contributed by atoms with Gasteiger partial charge in [0.15, 0.2) is 0 Å². The molecule has 0 bridgehead atoms. The van der Waals surface area contributed by atoms with Crippen LogP contribution in [-0.4, -0.2) is 36.0 Å². The van der Waals surface area contributed by atoms with Crippen LogP contribution in [0.25, 0.3) is 0 Å². The van der Waals surface area contributed by atoms with Gasteiger partial charge in [0.2, 0.25) is 0 Å². The first-order chi connectivity index (χ1) is 9.06. The first-order valence-corrected chi connectivity index (χ1v) is 9.34. The van der Waals surface area contributed by atoms with Gasteiger partial charge in [-0.05, 0) is 50.1 Å². The van der Waals surface area contributed by atoms with E-state index in [1.54, 1.807) is 0 Å². The highest BCUT2D eigenvalue weighted by atomic mass is 32.2. The molecule has 0 radical (unpaired) electrons. The van der Waals surface area contributed by atoms with Gasteiger partial charge in [-0.15, -0.1) is 11.3 Å². The minimum atomic E-state index is 0.207. The summed E-state index contributed by atoms with van der Waals surface area (Å²) in [6, 6.07) is 3.36.